The van der Waals surface area contributed by atoms with E-state index in [1.807, 2.05) is 35.0 Å². The van der Waals surface area contributed by atoms with Gasteiger partial charge in [-0.1, -0.05) is 0 Å². The Kier molecular flexibility index (Phi) is 11.8. The molecule has 0 saturated heterocycles. The summed E-state index contributed by atoms with van der Waals surface area (Å²) in [6, 6.07) is 7.57. The van der Waals surface area contributed by atoms with Crippen molar-refractivity contribution in [2.45, 2.75) is 23.5 Å². The Morgan fingerprint density at radius 3 is 1.60 bits per heavy atom. The van der Waals surface area contributed by atoms with Gasteiger partial charge in [0.2, 0.25) is 0 Å². The molecule has 0 saturated carbocycles. The fraction of sp³-hybridized carbons (Fsp3) is 0.333. The quantitative estimate of drug-likeness (QED) is 0.0947. The topological polar surface area (TPSA) is 123 Å². The van der Waals surface area contributed by atoms with E-state index in [1.165, 1.54) is 22.7 Å². The van der Waals surface area contributed by atoms with Crippen molar-refractivity contribution in [3.05, 3.63) is 44.8 Å². The number of amides is 2. The first-order valence-corrected chi connectivity index (χ1v) is 17.4. The SMILES string of the molecule is O=C(NCC[Se][Se]CCNC(=O)/C(Cc1cccs1)=N/O)/C(Cc1cccs1)=N/O. The monoisotopic (exact) mass is 582 g/mol. The average molecular weight is 580 g/mol. The molecule has 0 aromatic carbocycles. The minimum absolute atomic E-state index is 0.113. The van der Waals surface area contributed by atoms with Crippen molar-refractivity contribution in [2.75, 3.05) is 13.1 Å². The van der Waals surface area contributed by atoms with Gasteiger partial charge in [0.25, 0.3) is 0 Å². The predicted molar refractivity (Wildman–Crippen MR) is 122 cm³/mol. The molecule has 12 heteroatoms. The average Bonchev–Trinajstić information content (AvgIpc) is 3.45. The van der Waals surface area contributed by atoms with Gasteiger partial charge in [0.05, 0.1) is 0 Å². The second kappa shape index (κ2) is 14.3. The molecule has 30 heavy (non-hydrogen) atoms. The Labute approximate surface area is 193 Å². The second-order valence-corrected chi connectivity index (χ2v) is 15.7. The molecular formula is C18H22N4O4S2Se2. The second-order valence-electron chi connectivity index (χ2n) is 5.76. The van der Waals surface area contributed by atoms with Crippen LogP contribution < -0.4 is 10.6 Å². The fourth-order valence-corrected chi connectivity index (χ4v) is 9.29. The van der Waals surface area contributed by atoms with Crippen LogP contribution in [0.2, 0.25) is 10.6 Å². The van der Waals surface area contributed by atoms with Crippen LogP contribution in [0.25, 0.3) is 0 Å². The van der Waals surface area contributed by atoms with E-state index in [2.05, 4.69) is 20.9 Å². The summed E-state index contributed by atoms with van der Waals surface area (Å²) in [7, 11) is 0. The van der Waals surface area contributed by atoms with Crippen LogP contribution in [0.3, 0.4) is 0 Å². The normalized spacial score (nSPS) is 12.0. The Morgan fingerprint density at radius 1 is 0.833 bits per heavy atom. The van der Waals surface area contributed by atoms with Gasteiger partial charge in [-0.25, -0.2) is 0 Å². The molecule has 0 fully saturated rings. The number of nitrogens with one attached hydrogen (secondary N) is 2. The molecule has 0 bridgehead atoms. The molecule has 8 nitrogen and oxygen atoms in total. The third-order valence-electron chi connectivity index (χ3n) is 3.63. The molecular weight excluding hydrogens is 558 g/mol. The molecule has 2 aromatic rings. The Bertz CT molecular complexity index is 772. The molecule has 0 aliphatic heterocycles. The first kappa shape index (κ1) is 24.6. The van der Waals surface area contributed by atoms with Gasteiger partial charge < -0.3 is 0 Å². The Balaban J connectivity index is 1.53. The van der Waals surface area contributed by atoms with Gasteiger partial charge in [-0.05, 0) is 0 Å². The van der Waals surface area contributed by atoms with Crippen LogP contribution in [-0.2, 0) is 22.4 Å². The van der Waals surface area contributed by atoms with Crippen molar-refractivity contribution in [2.24, 2.45) is 10.3 Å². The molecule has 2 heterocycles. The van der Waals surface area contributed by atoms with E-state index in [0.717, 1.165) is 20.4 Å². The van der Waals surface area contributed by atoms with Gasteiger partial charge in [0.15, 0.2) is 0 Å². The van der Waals surface area contributed by atoms with Crippen LogP contribution in [0.15, 0.2) is 45.3 Å². The van der Waals surface area contributed by atoms with Crippen LogP contribution in [0, 0.1) is 0 Å². The maximum absolute atomic E-state index is 12.1. The number of hydrogen-bond acceptors (Lipinski definition) is 8. The number of rotatable bonds is 13. The maximum atomic E-state index is 12.1. The molecule has 2 rings (SSSR count). The molecule has 2 amide bonds. The summed E-state index contributed by atoms with van der Waals surface area (Å²) >= 11 is 3.80. The van der Waals surface area contributed by atoms with E-state index in [-0.39, 0.29) is 23.2 Å². The predicted octanol–water partition coefficient (Wildman–Crippen LogP) is 1.65. The number of carbonyl (C=O) groups excluding carboxylic acids is 2. The zero-order chi connectivity index (χ0) is 21.6. The summed E-state index contributed by atoms with van der Waals surface area (Å²) in [5, 5.41) is 35.5. The minimum atomic E-state index is -0.344. The molecule has 0 unspecified atom stereocenters. The van der Waals surface area contributed by atoms with Crippen LogP contribution in [0.5, 0.6) is 0 Å². The first-order valence-electron chi connectivity index (χ1n) is 8.91. The van der Waals surface area contributed by atoms with E-state index in [9.17, 15) is 9.59 Å². The van der Waals surface area contributed by atoms with E-state index in [4.69, 9.17) is 10.4 Å². The van der Waals surface area contributed by atoms with E-state index < -0.39 is 0 Å². The van der Waals surface area contributed by atoms with Crippen molar-refractivity contribution in [3.8, 4) is 0 Å². The number of carbonyl (C=O) groups is 2. The summed E-state index contributed by atoms with van der Waals surface area (Å²) < 4.78 is 0. The van der Waals surface area contributed by atoms with Crippen LogP contribution in [0.1, 0.15) is 9.75 Å². The first-order chi connectivity index (χ1) is 14.6. The molecule has 0 atom stereocenters. The van der Waals surface area contributed by atoms with Gasteiger partial charge >= 0.3 is 194 Å². The van der Waals surface area contributed by atoms with Crippen molar-refractivity contribution in [1.82, 2.24) is 10.6 Å². The van der Waals surface area contributed by atoms with Crippen molar-refractivity contribution >= 4 is 72.2 Å². The molecule has 4 N–H and O–H groups in total. The summed E-state index contributed by atoms with van der Waals surface area (Å²) in [6.07, 6.45) is 0.640. The third-order valence-corrected chi connectivity index (χ3v) is 12.7. The molecule has 2 aromatic heterocycles. The fourth-order valence-electron chi connectivity index (χ4n) is 2.21. The molecule has 162 valence electrons. The molecule has 0 aliphatic carbocycles. The third kappa shape index (κ3) is 8.99. The summed E-state index contributed by atoms with van der Waals surface area (Å²) in [5.74, 6) is -0.689. The Hall–Kier alpha value is -1.68. The van der Waals surface area contributed by atoms with E-state index in [1.54, 1.807) is 0 Å². The summed E-state index contributed by atoms with van der Waals surface area (Å²) in [5.41, 5.74) is 0.226. The van der Waals surface area contributed by atoms with E-state index in [0.29, 0.717) is 52.2 Å². The van der Waals surface area contributed by atoms with Gasteiger partial charge in [0.1, 0.15) is 0 Å². The van der Waals surface area contributed by atoms with Crippen molar-refractivity contribution in [1.29, 1.82) is 0 Å². The van der Waals surface area contributed by atoms with Gasteiger partial charge in [-0.15, -0.1) is 0 Å². The number of oxime groups is 2. The number of thiophene rings is 2. The van der Waals surface area contributed by atoms with Crippen LogP contribution >= 0.6 is 22.7 Å². The standard InChI is InChI=1S/C18H22N4O4S2Se2/c23-17(15(21-25)11-13-3-1-7-27-13)19-5-9-29-30-10-6-20-18(24)16(22-26)12-14-4-2-8-28-14/h1-4,7-8,25-26H,5-6,9-12H2,(H,19,23)(H,20,24)/b21-15+,22-16+. The van der Waals surface area contributed by atoms with Crippen molar-refractivity contribution < 1.29 is 20.0 Å². The van der Waals surface area contributed by atoms with Gasteiger partial charge in [-0.3, -0.25) is 0 Å². The van der Waals surface area contributed by atoms with Crippen molar-refractivity contribution in [3.63, 3.8) is 0 Å². The van der Waals surface area contributed by atoms with Crippen LogP contribution in [-0.4, -0.2) is 73.0 Å². The number of hydrogen-bond donors (Lipinski definition) is 4. The van der Waals surface area contributed by atoms with Gasteiger partial charge in [-0.2, -0.15) is 0 Å². The van der Waals surface area contributed by atoms with E-state index >= 15 is 0 Å². The molecule has 0 radical (unpaired) electrons. The van der Waals surface area contributed by atoms with Crippen LogP contribution in [0.4, 0.5) is 0 Å². The number of nitrogens with zero attached hydrogens (tertiary/aromatic N) is 2. The zero-order valence-electron chi connectivity index (χ0n) is 15.9. The Morgan fingerprint density at radius 2 is 1.27 bits per heavy atom. The zero-order valence-corrected chi connectivity index (χ0v) is 21.0. The van der Waals surface area contributed by atoms with Gasteiger partial charge in [0, 0.05) is 0 Å². The summed E-state index contributed by atoms with van der Waals surface area (Å²) in [4.78, 5) is 26.0. The molecule has 0 spiro atoms. The molecule has 0 aliphatic rings. The summed E-state index contributed by atoms with van der Waals surface area (Å²) in [6.45, 7) is 1.08.